The lowest BCUT2D eigenvalue weighted by Crippen LogP contribution is -2.18. The van der Waals surface area contributed by atoms with E-state index in [9.17, 15) is 4.39 Å². The summed E-state index contributed by atoms with van der Waals surface area (Å²) >= 11 is 0. The number of nitrogen functional groups attached to an aromatic ring is 1. The van der Waals surface area contributed by atoms with Crippen molar-refractivity contribution in [2.45, 2.75) is 26.5 Å². The molecule has 2 N–H and O–H groups in total. The summed E-state index contributed by atoms with van der Waals surface area (Å²) in [7, 11) is 3.76. The Balaban J connectivity index is 2.25. The Kier molecular flexibility index (Phi) is 4.35. The van der Waals surface area contributed by atoms with Crippen LogP contribution in [0.15, 0.2) is 24.5 Å². The molecule has 21 heavy (non-hydrogen) atoms. The normalized spacial score (nSPS) is 11.0. The van der Waals surface area contributed by atoms with Crippen LogP contribution in [0.25, 0.3) is 0 Å². The standard InChI is InChI=1S/C15H21FN4O/c1-10(2)21-15-6-14(13(17)5-12(15)16)19(3)8-11-7-18-20(4)9-11/h5-7,9-10H,8,17H2,1-4H3. The van der Waals surface area contributed by atoms with Crippen molar-refractivity contribution in [1.29, 1.82) is 0 Å². The maximum absolute atomic E-state index is 13.8. The van der Waals surface area contributed by atoms with Crippen molar-refractivity contribution in [3.63, 3.8) is 0 Å². The van der Waals surface area contributed by atoms with E-state index < -0.39 is 5.82 Å². The van der Waals surface area contributed by atoms with Gasteiger partial charge in [0.2, 0.25) is 0 Å². The molecule has 2 aromatic rings. The number of rotatable bonds is 5. The quantitative estimate of drug-likeness (QED) is 0.861. The van der Waals surface area contributed by atoms with Crippen molar-refractivity contribution < 1.29 is 9.13 Å². The SMILES string of the molecule is CC(C)Oc1cc(N(C)Cc2cnn(C)c2)c(N)cc1F. The first kappa shape index (κ1) is 15.2. The molecule has 0 amide bonds. The number of anilines is 2. The van der Waals surface area contributed by atoms with Crippen LogP contribution in [-0.4, -0.2) is 22.9 Å². The third-order valence-electron chi connectivity index (χ3n) is 3.03. The molecule has 1 heterocycles. The van der Waals surface area contributed by atoms with Crippen LogP contribution < -0.4 is 15.4 Å². The Bertz CT molecular complexity index is 624. The van der Waals surface area contributed by atoms with Gasteiger partial charge in [-0.1, -0.05) is 0 Å². The molecular weight excluding hydrogens is 271 g/mol. The highest BCUT2D eigenvalue weighted by Crippen LogP contribution is 2.31. The molecule has 0 aliphatic heterocycles. The summed E-state index contributed by atoms with van der Waals surface area (Å²) in [5, 5.41) is 4.13. The summed E-state index contributed by atoms with van der Waals surface area (Å²) in [6, 6.07) is 2.94. The minimum absolute atomic E-state index is 0.0976. The topological polar surface area (TPSA) is 56.3 Å². The van der Waals surface area contributed by atoms with Gasteiger partial charge in [-0.05, 0) is 13.8 Å². The summed E-state index contributed by atoms with van der Waals surface area (Å²) in [6.45, 7) is 4.34. The maximum Gasteiger partial charge on any atom is 0.167 e. The van der Waals surface area contributed by atoms with Gasteiger partial charge in [0, 0.05) is 44.5 Å². The Hall–Kier alpha value is -2.24. The van der Waals surface area contributed by atoms with Gasteiger partial charge in [0.05, 0.1) is 23.7 Å². The van der Waals surface area contributed by atoms with E-state index in [1.807, 2.05) is 39.0 Å². The fourth-order valence-electron chi connectivity index (χ4n) is 2.15. The van der Waals surface area contributed by atoms with Crippen molar-refractivity contribution in [3.8, 4) is 5.75 Å². The second kappa shape index (κ2) is 6.03. The van der Waals surface area contributed by atoms with Crippen molar-refractivity contribution >= 4 is 11.4 Å². The summed E-state index contributed by atoms with van der Waals surface area (Å²) < 4.78 is 21.1. The van der Waals surface area contributed by atoms with Crippen molar-refractivity contribution in [2.75, 3.05) is 17.7 Å². The van der Waals surface area contributed by atoms with Crippen molar-refractivity contribution in [2.24, 2.45) is 7.05 Å². The van der Waals surface area contributed by atoms with Gasteiger partial charge < -0.3 is 15.4 Å². The minimum Gasteiger partial charge on any atom is -0.488 e. The molecule has 0 radical (unpaired) electrons. The minimum atomic E-state index is -0.445. The Morgan fingerprint density at radius 3 is 2.71 bits per heavy atom. The molecule has 6 heteroatoms. The van der Waals surface area contributed by atoms with Gasteiger partial charge in [-0.15, -0.1) is 0 Å². The Morgan fingerprint density at radius 2 is 2.14 bits per heavy atom. The van der Waals surface area contributed by atoms with Crippen LogP contribution in [0.5, 0.6) is 5.75 Å². The van der Waals surface area contributed by atoms with Gasteiger partial charge >= 0.3 is 0 Å². The lowest BCUT2D eigenvalue weighted by Gasteiger charge is -2.22. The summed E-state index contributed by atoms with van der Waals surface area (Å²) in [6.07, 6.45) is 3.63. The molecule has 0 bridgehead atoms. The molecule has 5 nitrogen and oxygen atoms in total. The van der Waals surface area contributed by atoms with Crippen LogP contribution in [0.4, 0.5) is 15.8 Å². The van der Waals surface area contributed by atoms with E-state index in [4.69, 9.17) is 10.5 Å². The van der Waals surface area contributed by atoms with Gasteiger partial charge in [-0.25, -0.2) is 4.39 Å². The number of ether oxygens (including phenoxy) is 1. The first-order chi connectivity index (χ1) is 9.86. The number of halogens is 1. The number of aryl methyl sites for hydroxylation is 1. The van der Waals surface area contributed by atoms with Gasteiger partial charge in [-0.2, -0.15) is 5.10 Å². The average molecular weight is 292 g/mol. The lowest BCUT2D eigenvalue weighted by atomic mass is 10.2. The first-order valence-electron chi connectivity index (χ1n) is 6.81. The molecule has 0 saturated carbocycles. The fraction of sp³-hybridized carbons (Fsp3) is 0.400. The number of nitrogens with zero attached hydrogens (tertiary/aromatic N) is 3. The molecule has 0 fully saturated rings. The van der Waals surface area contributed by atoms with Crippen molar-refractivity contribution in [1.82, 2.24) is 9.78 Å². The fourth-order valence-corrected chi connectivity index (χ4v) is 2.15. The van der Waals surface area contributed by atoms with E-state index >= 15 is 0 Å². The largest absolute Gasteiger partial charge is 0.488 e. The number of hydrogen-bond acceptors (Lipinski definition) is 4. The predicted molar refractivity (Wildman–Crippen MR) is 81.9 cm³/mol. The zero-order chi connectivity index (χ0) is 15.6. The third-order valence-corrected chi connectivity index (χ3v) is 3.03. The highest BCUT2D eigenvalue weighted by atomic mass is 19.1. The van der Waals surface area contributed by atoms with Gasteiger partial charge in [0.1, 0.15) is 0 Å². The molecule has 2 rings (SSSR count). The van der Waals surface area contributed by atoms with E-state index in [-0.39, 0.29) is 11.9 Å². The molecule has 0 aliphatic rings. The van der Waals surface area contributed by atoms with Crippen LogP contribution in [-0.2, 0) is 13.6 Å². The van der Waals surface area contributed by atoms with E-state index in [0.717, 1.165) is 11.3 Å². The van der Waals surface area contributed by atoms with E-state index in [1.165, 1.54) is 6.07 Å². The number of benzene rings is 1. The van der Waals surface area contributed by atoms with E-state index in [2.05, 4.69) is 5.10 Å². The Morgan fingerprint density at radius 1 is 1.43 bits per heavy atom. The van der Waals surface area contributed by atoms with E-state index in [0.29, 0.717) is 12.2 Å². The molecule has 0 atom stereocenters. The molecule has 0 unspecified atom stereocenters. The summed E-state index contributed by atoms with van der Waals surface area (Å²) in [5.41, 5.74) is 8.09. The number of aromatic nitrogens is 2. The average Bonchev–Trinajstić information content (AvgIpc) is 2.77. The predicted octanol–water partition coefficient (Wildman–Crippen LogP) is 2.57. The maximum atomic E-state index is 13.8. The molecule has 0 spiro atoms. The molecule has 1 aromatic heterocycles. The van der Waals surface area contributed by atoms with E-state index in [1.54, 1.807) is 16.9 Å². The van der Waals surface area contributed by atoms with Crippen molar-refractivity contribution in [3.05, 3.63) is 35.9 Å². The summed E-state index contributed by atoms with van der Waals surface area (Å²) in [5.74, 6) is -0.230. The summed E-state index contributed by atoms with van der Waals surface area (Å²) in [4.78, 5) is 1.94. The van der Waals surface area contributed by atoms with Crippen LogP contribution >= 0.6 is 0 Å². The van der Waals surface area contributed by atoms with Crippen LogP contribution in [0.2, 0.25) is 0 Å². The Labute approximate surface area is 124 Å². The molecule has 114 valence electrons. The second-order valence-electron chi connectivity index (χ2n) is 5.39. The molecular formula is C15H21FN4O. The zero-order valence-corrected chi connectivity index (χ0v) is 12.8. The highest BCUT2D eigenvalue weighted by molar-refractivity contribution is 5.69. The van der Waals surface area contributed by atoms with Gasteiger partial charge in [0.15, 0.2) is 11.6 Å². The van der Waals surface area contributed by atoms with Crippen LogP contribution in [0, 0.1) is 5.82 Å². The molecule has 1 aromatic carbocycles. The molecule has 0 aliphatic carbocycles. The lowest BCUT2D eigenvalue weighted by molar-refractivity contribution is 0.231. The third kappa shape index (κ3) is 3.65. The second-order valence-corrected chi connectivity index (χ2v) is 5.39. The molecule has 0 saturated heterocycles. The van der Waals surface area contributed by atoms with Gasteiger partial charge in [-0.3, -0.25) is 4.68 Å². The monoisotopic (exact) mass is 292 g/mol. The highest BCUT2D eigenvalue weighted by Gasteiger charge is 2.14. The smallest absolute Gasteiger partial charge is 0.167 e. The number of nitrogens with two attached hydrogens (primary N) is 1. The first-order valence-corrected chi connectivity index (χ1v) is 6.81. The van der Waals surface area contributed by atoms with Gasteiger partial charge in [0.25, 0.3) is 0 Å². The van der Waals surface area contributed by atoms with Crippen LogP contribution in [0.1, 0.15) is 19.4 Å². The zero-order valence-electron chi connectivity index (χ0n) is 12.8. The number of hydrogen-bond donors (Lipinski definition) is 1. The van der Waals surface area contributed by atoms with Crippen LogP contribution in [0.3, 0.4) is 0 Å².